The number of benzene rings is 2. The molecule has 8 heteroatoms. The number of amides is 1. The van der Waals surface area contributed by atoms with Crippen molar-refractivity contribution in [2.45, 2.75) is 53.4 Å². The Balaban J connectivity index is 1.95. The second-order valence-electron chi connectivity index (χ2n) is 10.0. The summed E-state index contributed by atoms with van der Waals surface area (Å²) >= 11 is 0. The molecule has 0 saturated carbocycles. The number of anilines is 3. The SMILES string of the molecule is COC(=O)CN1c2c(O)cccc2C(=O)N(C/C=C(\C)CC/C=C(\C)CCC=C(C)C)c2cc(O)cc(O)c21. The maximum absolute atomic E-state index is 13.8. The van der Waals surface area contributed by atoms with Gasteiger partial charge in [-0.2, -0.15) is 0 Å². The summed E-state index contributed by atoms with van der Waals surface area (Å²) in [7, 11) is 1.23. The molecule has 208 valence electrons. The largest absolute Gasteiger partial charge is 0.508 e. The molecule has 0 bridgehead atoms. The molecule has 2 aromatic rings. The van der Waals surface area contributed by atoms with Crippen LogP contribution in [0.25, 0.3) is 0 Å². The highest BCUT2D eigenvalue weighted by Gasteiger charge is 2.35. The molecule has 8 nitrogen and oxygen atoms in total. The van der Waals surface area contributed by atoms with Gasteiger partial charge in [0.05, 0.1) is 24.0 Å². The molecule has 0 atom stereocenters. The summed E-state index contributed by atoms with van der Waals surface area (Å²) in [5, 5.41) is 31.9. The van der Waals surface area contributed by atoms with Gasteiger partial charge in [-0.25, -0.2) is 0 Å². The number of hydrogen-bond donors (Lipinski definition) is 3. The van der Waals surface area contributed by atoms with Crippen LogP contribution in [0.2, 0.25) is 0 Å². The standard InChI is InChI=1S/C31H38N2O6/c1-20(2)9-6-10-21(3)11-7-12-22(4)15-16-32-25-17-23(34)18-27(36)30(25)33(19-28(37)39-5)29-24(31(32)38)13-8-14-26(29)35/h8-9,11,13-15,17-18,34-36H,6-7,10,12,16,19H2,1-5H3/b21-11+,22-15+. The number of carbonyl (C=O) groups is 2. The van der Waals surface area contributed by atoms with Crippen molar-refractivity contribution in [3.05, 3.63) is 70.8 Å². The van der Waals surface area contributed by atoms with Gasteiger partial charge in [0.2, 0.25) is 0 Å². The van der Waals surface area contributed by atoms with Crippen LogP contribution in [0.15, 0.2) is 65.3 Å². The minimum Gasteiger partial charge on any atom is -0.508 e. The van der Waals surface area contributed by atoms with Gasteiger partial charge in [0.1, 0.15) is 29.5 Å². The van der Waals surface area contributed by atoms with Crippen LogP contribution in [-0.2, 0) is 9.53 Å². The van der Waals surface area contributed by atoms with E-state index in [1.54, 1.807) is 12.1 Å². The Labute approximate surface area is 230 Å². The fourth-order valence-corrected chi connectivity index (χ4v) is 4.55. The lowest BCUT2D eigenvalue weighted by molar-refractivity contribution is -0.138. The van der Waals surface area contributed by atoms with Crippen molar-refractivity contribution in [1.29, 1.82) is 0 Å². The molecule has 0 fully saturated rings. The minimum atomic E-state index is -0.636. The van der Waals surface area contributed by atoms with E-state index in [4.69, 9.17) is 4.74 Å². The Bertz CT molecular complexity index is 1320. The Hall–Kier alpha value is -4.20. The van der Waals surface area contributed by atoms with Crippen LogP contribution in [-0.4, -0.2) is 47.4 Å². The molecule has 0 saturated heterocycles. The molecule has 0 radical (unpaired) electrons. The van der Waals surface area contributed by atoms with Gasteiger partial charge in [0.25, 0.3) is 5.91 Å². The number of para-hydroxylation sites is 1. The van der Waals surface area contributed by atoms with Gasteiger partial charge >= 0.3 is 5.97 Å². The first-order valence-corrected chi connectivity index (χ1v) is 13.0. The van der Waals surface area contributed by atoms with Gasteiger partial charge in [0.15, 0.2) is 0 Å². The van der Waals surface area contributed by atoms with E-state index in [1.807, 2.05) is 13.0 Å². The monoisotopic (exact) mass is 534 g/mol. The smallest absolute Gasteiger partial charge is 0.325 e. The lowest BCUT2D eigenvalue weighted by atomic mass is 10.1. The van der Waals surface area contributed by atoms with Gasteiger partial charge < -0.3 is 29.9 Å². The lowest BCUT2D eigenvalue weighted by Crippen LogP contribution is -2.30. The van der Waals surface area contributed by atoms with Crippen LogP contribution in [0.4, 0.5) is 17.1 Å². The molecule has 1 amide bonds. The van der Waals surface area contributed by atoms with Crippen LogP contribution >= 0.6 is 0 Å². The van der Waals surface area contributed by atoms with Crippen LogP contribution in [0.3, 0.4) is 0 Å². The van der Waals surface area contributed by atoms with Crippen LogP contribution < -0.4 is 9.80 Å². The highest BCUT2D eigenvalue weighted by molar-refractivity contribution is 6.16. The number of esters is 1. The molecule has 1 heterocycles. The quantitative estimate of drug-likeness (QED) is 0.236. The van der Waals surface area contributed by atoms with E-state index in [-0.39, 0.29) is 53.0 Å². The number of methoxy groups -OCH3 is 1. The number of rotatable bonds is 10. The molecule has 0 aliphatic carbocycles. The van der Waals surface area contributed by atoms with E-state index in [1.165, 1.54) is 40.2 Å². The molecule has 0 aromatic heterocycles. The zero-order valence-electron chi connectivity index (χ0n) is 23.3. The fourth-order valence-electron chi connectivity index (χ4n) is 4.55. The number of nitrogens with zero attached hydrogens (tertiary/aromatic N) is 2. The highest BCUT2D eigenvalue weighted by atomic mass is 16.5. The molecule has 3 rings (SSSR count). The van der Waals surface area contributed by atoms with E-state index in [0.29, 0.717) is 0 Å². The van der Waals surface area contributed by atoms with E-state index in [2.05, 4.69) is 32.9 Å². The van der Waals surface area contributed by atoms with Gasteiger partial charge in [-0.05, 0) is 65.5 Å². The van der Waals surface area contributed by atoms with E-state index in [0.717, 1.165) is 37.3 Å². The van der Waals surface area contributed by atoms with Crippen molar-refractivity contribution in [3.8, 4) is 17.2 Å². The van der Waals surface area contributed by atoms with Crippen LogP contribution in [0, 0.1) is 0 Å². The normalized spacial score (nSPS) is 13.5. The fraction of sp³-hybridized carbons (Fsp3) is 0.355. The number of hydrogen-bond acceptors (Lipinski definition) is 7. The Morgan fingerprint density at radius 1 is 0.872 bits per heavy atom. The first-order chi connectivity index (χ1) is 18.5. The van der Waals surface area contributed by atoms with E-state index >= 15 is 0 Å². The van der Waals surface area contributed by atoms with Crippen molar-refractivity contribution in [3.63, 3.8) is 0 Å². The second kappa shape index (κ2) is 13.0. The summed E-state index contributed by atoms with van der Waals surface area (Å²) in [6, 6.07) is 6.99. The number of ether oxygens (including phenoxy) is 1. The number of fused-ring (bicyclic) bond motifs is 2. The molecule has 1 aliphatic heterocycles. The topological polar surface area (TPSA) is 111 Å². The maximum atomic E-state index is 13.8. The Morgan fingerprint density at radius 2 is 1.54 bits per heavy atom. The third-order valence-electron chi connectivity index (χ3n) is 6.64. The average molecular weight is 535 g/mol. The minimum absolute atomic E-state index is 0.0760. The van der Waals surface area contributed by atoms with Gasteiger partial charge in [0, 0.05) is 18.7 Å². The number of carbonyl (C=O) groups excluding carboxylic acids is 2. The van der Waals surface area contributed by atoms with Crippen molar-refractivity contribution in [2.24, 2.45) is 0 Å². The van der Waals surface area contributed by atoms with Crippen molar-refractivity contribution < 1.29 is 29.6 Å². The predicted molar refractivity (Wildman–Crippen MR) is 154 cm³/mol. The number of aromatic hydroxyl groups is 3. The third-order valence-corrected chi connectivity index (χ3v) is 6.64. The van der Waals surface area contributed by atoms with Gasteiger partial charge in [-0.3, -0.25) is 9.59 Å². The summed E-state index contributed by atoms with van der Waals surface area (Å²) < 4.78 is 4.84. The van der Waals surface area contributed by atoms with E-state index in [9.17, 15) is 24.9 Å². The first kappa shape index (κ1) is 29.4. The molecule has 0 spiro atoms. The summed E-state index contributed by atoms with van der Waals surface area (Å²) in [5.41, 5.74) is 4.27. The third kappa shape index (κ3) is 7.22. The molecular weight excluding hydrogens is 496 g/mol. The molecule has 2 aromatic carbocycles. The maximum Gasteiger partial charge on any atom is 0.325 e. The molecule has 3 N–H and O–H groups in total. The molecule has 0 unspecified atom stereocenters. The van der Waals surface area contributed by atoms with Gasteiger partial charge in [-0.15, -0.1) is 0 Å². The molecule has 1 aliphatic rings. The number of phenols is 3. The van der Waals surface area contributed by atoms with Crippen LogP contribution in [0.5, 0.6) is 17.2 Å². The lowest BCUT2D eigenvalue weighted by Gasteiger charge is -2.27. The molecular formula is C31H38N2O6. The summed E-state index contributed by atoms with van der Waals surface area (Å²) in [4.78, 5) is 28.9. The zero-order valence-corrected chi connectivity index (χ0v) is 23.3. The van der Waals surface area contributed by atoms with E-state index < -0.39 is 11.9 Å². The Morgan fingerprint density at radius 3 is 2.21 bits per heavy atom. The van der Waals surface area contributed by atoms with Crippen molar-refractivity contribution in [2.75, 3.05) is 30.0 Å². The van der Waals surface area contributed by atoms with Crippen molar-refractivity contribution >= 4 is 28.9 Å². The molecule has 39 heavy (non-hydrogen) atoms. The number of phenolic OH excluding ortho intramolecular Hbond substituents is 3. The van der Waals surface area contributed by atoms with Gasteiger partial charge in [-0.1, -0.05) is 41.0 Å². The Kier molecular flexibility index (Phi) is 9.82. The highest BCUT2D eigenvalue weighted by Crippen LogP contribution is 2.50. The number of allylic oxidation sites excluding steroid dienone is 5. The predicted octanol–water partition coefficient (Wildman–Crippen LogP) is 6.49. The summed E-state index contributed by atoms with van der Waals surface area (Å²) in [6.45, 7) is 8.12. The van der Waals surface area contributed by atoms with Crippen LogP contribution in [0.1, 0.15) is 63.7 Å². The second-order valence-corrected chi connectivity index (χ2v) is 10.0. The summed E-state index contributed by atoms with van der Waals surface area (Å²) in [5.74, 6) is -1.91. The first-order valence-electron chi connectivity index (χ1n) is 13.0. The average Bonchev–Trinajstić information content (AvgIpc) is 2.96. The zero-order chi connectivity index (χ0) is 28.7. The summed E-state index contributed by atoms with van der Waals surface area (Å²) in [6.07, 6.45) is 10.1. The van der Waals surface area contributed by atoms with Crippen molar-refractivity contribution in [1.82, 2.24) is 0 Å².